The van der Waals surface area contributed by atoms with E-state index in [9.17, 15) is 4.79 Å². The van der Waals surface area contributed by atoms with Gasteiger partial charge in [0.25, 0.3) is 0 Å². The number of pyridine rings is 2. The number of methoxy groups -OCH3 is 1. The molecule has 1 aromatic carbocycles. The molecule has 0 aliphatic rings. The van der Waals surface area contributed by atoms with E-state index in [1.807, 2.05) is 45.9 Å². The van der Waals surface area contributed by atoms with Crippen LogP contribution in [0.5, 0.6) is 11.8 Å². The summed E-state index contributed by atoms with van der Waals surface area (Å²) >= 11 is 1.44. The number of fused-ring (bicyclic) bond motifs is 2. The van der Waals surface area contributed by atoms with Crippen molar-refractivity contribution in [3.63, 3.8) is 0 Å². The first-order chi connectivity index (χ1) is 19.4. The van der Waals surface area contributed by atoms with E-state index < -0.39 is 6.09 Å². The Labute approximate surface area is 234 Å². The Bertz CT molecular complexity index is 1700. The second kappa shape index (κ2) is 12.8. The SMILES string of the molecule is CC.COc1cnc2c(-c3nc4c(C)cc(OCCOC(=O)Nc5ccc(C#N)nc5)nc4s3)cc(C)cc2n1. The molecule has 0 aliphatic carbocycles. The summed E-state index contributed by atoms with van der Waals surface area (Å²) in [4.78, 5) is 35.1. The largest absolute Gasteiger partial charge is 0.480 e. The van der Waals surface area contributed by atoms with Crippen molar-refractivity contribution >= 4 is 44.5 Å². The van der Waals surface area contributed by atoms with E-state index in [1.165, 1.54) is 23.6 Å². The van der Waals surface area contributed by atoms with Crippen LogP contribution in [-0.2, 0) is 4.74 Å². The molecule has 12 heteroatoms. The fraction of sp³-hybridized carbons (Fsp3) is 0.250. The van der Waals surface area contributed by atoms with Gasteiger partial charge in [0.1, 0.15) is 40.3 Å². The maximum absolute atomic E-state index is 12.0. The van der Waals surface area contributed by atoms with Crippen LogP contribution in [-0.4, -0.2) is 51.3 Å². The highest BCUT2D eigenvalue weighted by molar-refractivity contribution is 7.21. The highest BCUT2D eigenvalue weighted by atomic mass is 32.1. The van der Waals surface area contributed by atoms with Crippen LogP contribution < -0.4 is 14.8 Å². The molecule has 0 aliphatic heterocycles. The molecule has 0 atom stereocenters. The maximum atomic E-state index is 12.0. The van der Waals surface area contributed by atoms with Gasteiger partial charge in [0.15, 0.2) is 0 Å². The first kappa shape index (κ1) is 28.1. The normalized spacial score (nSPS) is 10.4. The number of nitriles is 1. The minimum Gasteiger partial charge on any atom is -0.480 e. The molecule has 0 spiro atoms. The van der Waals surface area contributed by atoms with E-state index in [2.05, 4.69) is 25.3 Å². The summed E-state index contributed by atoms with van der Waals surface area (Å²) < 4.78 is 16.1. The smallest absolute Gasteiger partial charge is 0.411 e. The zero-order chi connectivity index (χ0) is 28.6. The summed E-state index contributed by atoms with van der Waals surface area (Å²) in [7, 11) is 1.56. The number of aryl methyl sites for hydroxylation is 2. The van der Waals surface area contributed by atoms with Gasteiger partial charge in [-0.2, -0.15) is 5.26 Å². The number of anilines is 1. The summed E-state index contributed by atoms with van der Waals surface area (Å²) in [6.07, 6.45) is 2.32. The van der Waals surface area contributed by atoms with E-state index in [0.717, 1.165) is 43.1 Å². The van der Waals surface area contributed by atoms with Crippen LogP contribution in [0, 0.1) is 25.2 Å². The number of benzene rings is 1. The topological polar surface area (TPSA) is 145 Å². The molecule has 4 aromatic heterocycles. The molecule has 0 unspecified atom stereocenters. The number of amides is 1. The fourth-order valence-corrected chi connectivity index (χ4v) is 4.72. The summed E-state index contributed by atoms with van der Waals surface area (Å²) in [5.74, 6) is 0.856. The highest BCUT2D eigenvalue weighted by Crippen LogP contribution is 2.36. The van der Waals surface area contributed by atoms with Crippen molar-refractivity contribution in [1.82, 2.24) is 24.9 Å². The van der Waals surface area contributed by atoms with E-state index >= 15 is 0 Å². The molecule has 204 valence electrons. The Hall–Kier alpha value is -4.89. The summed E-state index contributed by atoms with van der Waals surface area (Å²) in [6, 6.07) is 10.8. The number of nitrogens with zero attached hydrogens (tertiary/aromatic N) is 6. The van der Waals surface area contributed by atoms with E-state index in [0.29, 0.717) is 17.4 Å². The number of hydrogen-bond donors (Lipinski definition) is 1. The van der Waals surface area contributed by atoms with Gasteiger partial charge < -0.3 is 14.2 Å². The zero-order valence-corrected chi connectivity index (χ0v) is 23.5. The molecular formula is C28H27N7O4S. The van der Waals surface area contributed by atoms with Crippen molar-refractivity contribution in [1.29, 1.82) is 5.26 Å². The minimum atomic E-state index is -0.655. The number of ether oxygens (including phenoxy) is 3. The maximum Gasteiger partial charge on any atom is 0.411 e. The summed E-state index contributed by atoms with van der Waals surface area (Å²) in [5.41, 5.74) is 5.73. The first-order valence-corrected chi connectivity index (χ1v) is 13.3. The highest BCUT2D eigenvalue weighted by Gasteiger charge is 2.16. The number of nitrogens with one attached hydrogen (secondary N) is 1. The Morgan fingerprint density at radius 2 is 1.82 bits per heavy atom. The molecule has 5 rings (SSSR count). The quantitative estimate of drug-likeness (QED) is 0.242. The standard InChI is InChI=1S/C26H21N7O4S.C2H6/c1-14-8-18(23-19(9-14)31-21(35-3)13-29-23)24-33-22-15(2)10-20(32-25(22)38-24)36-6-7-37-26(34)30-17-5-4-16(11-27)28-12-17;1-2/h4-5,8-10,12-13H,6-7H2,1-3H3,(H,30,34);1-2H3. The number of thiazole rings is 1. The lowest BCUT2D eigenvalue weighted by molar-refractivity contribution is 0.136. The predicted octanol–water partition coefficient (Wildman–Crippen LogP) is 5.85. The van der Waals surface area contributed by atoms with Crippen molar-refractivity contribution in [2.24, 2.45) is 0 Å². The number of hydrogen-bond acceptors (Lipinski definition) is 11. The minimum absolute atomic E-state index is 0.0136. The van der Waals surface area contributed by atoms with Crippen LogP contribution in [0.15, 0.2) is 42.7 Å². The Balaban J connectivity index is 0.00000181. The molecule has 0 saturated carbocycles. The van der Waals surface area contributed by atoms with Gasteiger partial charge in [0.05, 0.1) is 36.2 Å². The van der Waals surface area contributed by atoms with Gasteiger partial charge in [-0.1, -0.05) is 25.2 Å². The van der Waals surface area contributed by atoms with Gasteiger partial charge in [-0.3, -0.25) is 5.32 Å². The van der Waals surface area contributed by atoms with Gasteiger partial charge in [0.2, 0.25) is 11.8 Å². The lowest BCUT2D eigenvalue weighted by Gasteiger charge is -2.08. The lowest BCUT2D eigenvalue weighted by atomic mass is 10.1. The molecule has 0 radical (unpaired) electrons. The van der Waals surface area contributed by atoms with Crippen LogP contribution >= 0.6 is 11.3 Å². The van der Waals surface area contributed by atoms with Crippen molar-refractivity contribution in [2.75, 3.05) is 25.6 Å². The van der Waals surface area contributed by atoms with Crippen molar-refractivity contribution in [3.05, 3.63) is 59.5 Å². The Morgan fingerprint density at radius 3 is 2.55 bits per heavy atom. The zero-order valence-electron chi connectivity index (χ0n) is 22.7. The molecule has 1 amide bonds. The van der Waals surface area contributed by atoms with Gasteiger partial charge in [0, 0.05) is 11.6 Å². The van der Waals surface area contributed by atoms with Crippen LogP contribution in [0.4, 0.5) is 10.5 Å². The predicted molar refractivity (Wildman–Crippen MR) is 153 cm³/mol. The fourth-order valence-electron chi connectivity index (χ4n) is 3.70. The lowest BCUT2D eigenvalue weighted by Crippen LogP contribution is -2.18. The van der Waals surface area contributed by atoms with Crippen LogP contribution in [0.25, 0.3) is 32.0 Å². The van der Waals surface area contributed by atoms with Crippen LogP contribution in [0.1, 0.15) is 30.7 Å². The number of carbonyl (C=O) groups excluding carboxylic acids is 1. The molecule has 1 N–H and O–H groups in total. The monoisotopic (exact) mass is 557 g/mol. The average Bonchev–Trinajstić information content (AvgIpc) is 3.41. The molecule has 0 saturated heterocycles. The molecule has 5 aromatic rings. The van der Waals surface area contributed by atoms with E-state index in [4.69, 9.17) is 24.5 Å². The van der Waals surface area contributed by atoms with Crippen LogP contribution in [0.2, 0.25) is 0 Å². The van der Waals surface area contributed by atoms with E-state index in [-0.39, 0.29) is 18.9 Å². The third kappa shape index (κ3) is 6.39. The molecule has 0 fully saturated rings. The second-order valence-corrected chi connectivity index (χ2v) is 9.17. The molecule has 40 heavy (non-hydrogen) atoms. The van der Waals surface area contributed by atoms with Crippen molar-refractivity contribution in [2.45, 2.75) is 27.7 Å². The number of aromatic nitrogens is 5. The van der Waals surface area contributed by atoms with Gasteiger partial charge >= 0.3 is 6.09 Å². The Morgan fingerprint density at radius 1 is 1.00 bits per heavy atom. The van der Waals surface area contributed by atoms with Gasteiger partial charge in [-0.05, 0) is 49.2 Å². The van der Waals surface area contributed by atoms with Crippen LogP contribution in [0.3, 0.4) is 0 Å². The van der Waals surface area contributed by atoms with Crippen molar-refractivity contribution < 1.29 is 19.0 Å². The van der Waals surface area contributed by atoms with Gasteiger partial charge in [-0.25, -0.2) is 29.7 Å². The second-order valence-electron chi connectivity index (χ2n) is 8.20. The van der Waals surface area contributed by atoms with Crippen molar-refractivity contribution in [3.8, 4) is 28.4 Å². The first-order valence-electron chi connectivity index (χ1n) is 12.5. The van der Waals surface area contributed by atoms with E-state index in [1.54, 1.807) is 25.4 Å². The molecule has 11 nitrogen and oxygen atoms in total. The Kier molecular flexibility index (Phi) is 8.98. The molecule has 0 bridgehead atoms. The van der Waals surface area contributed by atoms with Gasteiger partial charge in [-0.15, -0.1) is 0 Å². The third-order valence-corrected chi connectivity index (χ3v) is 6.42. The molecule has 4 heterocycles. The summed E-state index contributed by atoms with van der Waals surface area (Å²) in [6.45, 7) is 8.06. The number of rotatable bonds is 7. The molecular weight excluding hydrogens is 530 g/mol. The third-order valence-electron chi connectivity index (χ3n) is 5.43. The summed E-state index contributed by atoms with van der Waals surface area (Å²) in [5, 5.41) is 12.1. The number of carbonyl (C=O) groups is 1. The average molecular weight is 558 g/mol.